The molecule has 2 aromatic heterocycles. The summed E-state index contributed by atoms with van der Waals surface area (Å²) in [6, 6.07) is 13.2. The highest BCUT2D eigenvalue weighted by molar-refractivity contribution is 9.10. The highest BCUT2D eigenvalue weighted by Crippen LogP contribution is 2.31. The van der Waals surface area contributed by atoms with Gasteiger partial charge in [-0.25, -0.2) is 23.1 Å². The molecule has 0 aliphatic heterocycles. The van der Waals surface area contributed by atoms with Crippen molar-refractivity contribution in [2.45, 2.75) is 39.5 Å². The van der Waals surface area contributed by atoms with Crippen molar-refractivity contribution in [1.82, 2.24) is 19.3 Å². The number of sulfonamides is 1. The van der Waals surface area contributed by atoms with Crippen molar-refractivity contribution in [3.8, 4) is 5.75 Å². The summed E-state index contributed by atoms with van der Waals surface area (Å²) in [5.41, 5.74) is 9.41. The van der Waals surface area contributed by atoms with Gasteiger partial charge in [-0.3, -0.25) is 0 Å². The van der Waals surface area contributed by atoms with E-state index in [9.17, 15) is 8.42 Å². The van der Waals surface area contributed by atoms with E-state index in [0.29, 0.717) is 43.9 Å². The van der Waals surface area contributed by atoms with Crippen molar-refractivity contribution in [3.63, 3.8) is 0 Å². The van der Waals surface area contributed by atoms with Crippen LogP contribution in [0.4, 0.5) is 5.82 Å². The Morgan fingerprint density at radius 3 is 2.61 bits per heavy atom. The van der Waals surface area contributed by atoms with Gasteiger partial charge in [0.05, 0.1) is 23.9 Å². The number of nitrogens with one attached hydrogen (secondary N) is 1. The van der Waals surface area contributed by atoms with E-state index in [1.54, 1.807) is 7.11 Å². The fourth-order valence-electron chi connectivity index (χ4n) is 4.05. The monoisotopic (exact) mass is 575 g/mol. The van der Waals surface area contributed by atoms with Crippen LogP contribution in [0.2, 0.25) is 0 Å². The Balaban J connectivity index is 1.47. The summed E-state index contributed by atoms with van der Waals surface area (Å²) in [6.45, 7) is 3.65. The van der Waals surface area contributed by atoms with E-state index in [4.69, 9.17) is 20.2 Å². The van der Waals surface area contributed by atoms with E-state index in [2.05, 4.69) is 30.2 Å². The lowest BCUT2D eigenvalue weighted by Crippen LogP contribution is -2.26. The predicted molar refractivity (Wildman–Crippen MR) is 145 cm³/mol. The molecule has 0 aliphatic carbocycles. The Kier molecular flexibility index (Phi) is 8.45. The summed E-state index contributed by atoms with van der Waals surface area (Å²) in [6.07, 6.45) is 1.14. The van der Waals surface area contributed by atoms with Gasteiger partial charge in [-0.05, 0) is 55.7 Å². The molecule has 0 saturated carbocycles. The topological polar surface area (TPSA) is 121 Å². The Bertz CT molecular complexity index is 1460. The quantitative estimate of drug-likeness (QED) is 0.240. The highest BCUT2D eigenvalue weighted by atomic mass is 79.9. The number of methoxy groups -OCH3 is 1. The Morgan fingerprint density at radius 2 is 1.89 bits per heavy atom. The zero-order chi connectivity index (χ0) is 25.7. The van der Waals surface area contributed by atoms with Crippen LogP contribution in [-0.4, -0.2) is 42.4 Å². The predicted octanol–water partition coefficient (Wildman–Crippen LogP) is 4.37. The number of halogens is 1. The second kappa shape index (κ2) is 11.5. The molecule has 0 bridgehead atoms. The number of anilines is 1. The SMILES string of the molecule is CCOCc1nc2c(N)nc3cc(Br)ccc3c2n1CCCCS(=O)(=O)NCc1ccc(OC)cc1. The summed E-state index contributed by atoms with van der Waals surface area (Å²) in [4.78, 5) is 9.24. The van der Waals surface area contributed by atoms with Gasteiger partial charge in [-0.2, -0.15) is 0 Å². The third-order valence-corrected chi connectivity index (χ3v) is 7.78. The first-order chi connectivity index (χ1) is 17.3. The van der Waals surface area contributed by atoms with Crippen LogP contribution in [0.25, 0.3) is 21.9 Å². The molecule has 4 aromatic rings. The molecule has 36 heavy (non-hydrogen) atoms. The van der Waals surface area contributed by atoms with Gasteiger partial charge in [0.15, 0.2) is 5.82 Å². The molecule has 0 radical (unpaired) electrons. The normalized spacial score (nSPS) is 12.0. The maximum Gasteiger partial charge on any atom is 0.211 e. The second-order valence-corrected chi connectivity index (χ2v) is 11.2. The largest absolute Gasteiger partial charge is 0.497 e. The zero-order valence-corrected chi connectivity index (χ0v) is 22.7. The van der Waals surface area contributed by atoms with Gasteiger partial charge in [0.2, 0.25) is 10.0 Å². The minimum atomic E-state index is -3.42. The number of hydrogen-bond acceptors (Lipinski definition) is 7. The summed E-state index contributed by atoms with van der Waals surface area (Å²) in [7, 11) is -1.82. The van der Waals surface area contributed by atoms with Gasteiger partial charge in [-0.1, -0.05) is 28.1 Å². The number of pyridine rings is 1. The molecule has 0 saturated heterocycles. The third kappa shape index (κ3) is 6.15. The molecule has 3 N–H and O–H groups in total. The van der Waals surface area contributed by atoms with Crippen LogP contribution in [0.5, 0.6) is 5.75 Å². The fourth-order valence-corrected chi connectivity index (χ4v) is 5.51. The van der Waals surface area contributed by atoms with Crippen LogP contribution in [-0.2, 0) is 34.5 Å². The van der Waals surface area contributed by atoms with Crippen molar-refractivity contribution < 1.29 is 17.9 Å². The van der Waals surface area contributed by atoms with E-state index in [1.165, 1.54) is 0 Å². The minimum Gasteiger partial charge on any atom is -0.497 e. The van der Waals surface area contributed by atoms with Crippen molar-refractivity contribution in [2.75, 3.05) is 25.2 Å². The zero-order valence-electron chi connectivity index (χ0n) is 20.3. The molecular formula is C25H30BrN5O4S. The number of nitrogens with zero attached hydrogens (tertiary/aromatic N) is 3. The number of ether oxygens (including phenoxy) is 2. The Morgan fingerprint density at radius 1 is 1.11 bits per heavy atom. The number of unbranched alkanes of at least 4 members (excludes halogenated alkanes) is 1. The number of imidazole rings is 1. The first-order valence-corrected chi connectivity index (χ1v) is 14.2. The number of nitrogen functional groups attached to an aromatic ring is 1. The average Bonchev–Trinajstić information content (AvgIpc) is 3.23. The van der Waals surface area contributed by atoms with E-state index >= 15 is 0 Å². The van der Waals surface area contributed by atoms with Gasteiger partial charge in [0.1, 0.15) is 23.7 Å². The summed E-state index contributed by atoms with van der Waals surface area (Å²) in [5.74, 6) is 1.87. The molecule has 0 atom stereocenters. The molecule has 0 amide bonds. The van der Waals surface area contributed by atoms with Crippen molar-refractivity contribution in [1.29, 1.82) is 0 Å². The summed E-state index contributed by atoms with van der Waals surface area (Å²) < 4.78 is 41.6. The number of aryl methyl sites for hydroxylation is 1. The van der Waals surface area contributed by atoms with Gasteiger partial charge in [0.25, 0.3) is 0 Å². The second-order valence-electron chi connectivity index (χ2n) is 8.37. The van der Waals surface area contributed by atoms with Crippen molar-refractivity contribution >= 4 is 53.7 Å². The van der Waals surface area contributed by atoms with E-state index in [0.717, 1.165) is 38.0 Å². The number of benzene rings is 2. The van der Waals surface area contributed by atoms with Gasteiger partial charge in [-0.15, -0.1) is 0 Å². The van der Waals surface area contributed by atoms with Crippen LogP contribution in [0.15, 0.2) is 46.9 Å². The van der Waals surface area contributed by atoms with E-state index in [1.807, 2.05) is 49.4 Å². The number of hydrogen-bond donors (Lipinski definition) is 2. The molecule has 4 rings (SSSR count). The number of rotatable bonds is 12. The van der Waals surface area contributed by atoms with Gasteiger partial charge < -0.3 is 19.8 Å². The maximum absolute atomic E-state index is 12.6. The van der Waals surface area contributed by atoms with Crippen LogP contribution in [0.1, 0.15) is 31.2 Å². The average molecular weight is 577 g/mol. The van der Waals surface area contributed by atoms with E-state index < -0.39 is 10.0 Å². The van der Waals surface area contributed by atoms with Gasteiger partial charge >= 0.3 is 0 Å². The lowest BCUT2D eigenvalue weighted by Gasteiger charge is -2.12. The smallest absolute Gasteiger partial charge is 0.211 e. The maximum atomic E-state index is 12.6. The van der Waals surface area contributed by atoms with Crippen LogP contribution < -0.4 is 15.2 Å². The van der Waals surface area contributed by atoms with Crippen molar-refractivity contribution in [2.24, 2.45) is 0 Å². The molecule has 9 nitrogen and oxygen atoms in total. The summed E-state index contributed by atoms with van der Waals surface area (Å²) in [5, 5.41) is 0.937. The van der Waals surface area contributed by atoms with Crippen LogP contribution in [0.3, 0.4) is 0 Å². The summed E-state index contributed by atoms with van der Waals surface area (Å²) >= 11 is 3.49. The Hall–Kier alpha value is -2.73. The van der Waals surface area contributed by atoms with Gasteiger partial charge in [0, 0.05) is 29.6 Å². The van der Waals surface area contributed by atoms with E-state index in [-0.39, 0.29) is 12.3 Å². The number of fused-ring (bicyclic) bond motifs is 3. The highest BCUT2D eigenvalue weighted by Gasteiger charge is 2.18. The molecule has 0 fully saturated rings. The molecule has 0 aliphatic rings. The lowest BCUT2D eigenvalue weighted by atomic mass is 10.2. The number of aromatic nitrogens is 3. The molecule has 11 heteroatoms. The lowest BCUT2D eigenvalue weighted by molar-refractivity contribution is 0.126. The van der Waals surface area contributed by atoms with Crippen LogP contribution in [0, 0.1) is 0 Å². The first kappa shape index (κ1) is 26.3. The van der Waals surface area contributed by atoms with Crippen LogP contribution >= 0.6 is 15.9 Å². The molecule has 2 heterocycles. The minimum absolute atomic E-state index is 0.0357. The molecular weight excluding hydrogens is 546 g/mol. The molecule has 192 valence electrons. The van der Waals surface area contributed by atoms with Crippen molar-refractivity contribution in [3.05, 3.63) is 58.3 Å². The Labute approximate surface area is 219 Å². The standard InChI is InChI=1S/C25H30BrN5O4S/c1-3-35-16-22-30-23-24(20-11-8-18(26)14-21(20)29-25(23)27)31(22)12-4-5-13-36(32,33)28-15-17-6-9-19(34-2)10-7-17/h6-11,14,28H,3-5,12-13,15-16H2,1-2H3,(H2,27,29). The molecule has 0 unspecified atom stereocenters. The first-order valence-electron chi connectivity index (χ1n) is 11.7. The number of nitrogens with two attached hydrogens (primary N) is 1. The molecule has 0 spiro atoms. The molecule has 2 aromatic carbocycles. The fraction of sp³-hybridized carbons (Fsp3) is 0.360. The third-order valence-electron chi connectivity index (χ3n) is 5.88.